The van der Waals surface area contributed by atoms with E-state index < -0.39 is 11.5 Å². The summed E-state index contributed by atoms with van der Waals surface area (Å²) in [6, 6.07) is -0.148. The van der Waals surface area contributed by atoms with Crippen molar-refractivity contribution in [3.63, 3.8) is 0 Å². The normalized spacial score (nSPS) is 24.9. The zero-order valence-electron chi connectivity index (χ0n) is 8.06. The van der Waals surface area contributed by atoms with Gasteiger partial charge in [0.25, 0.3) is 0 Å². The van der Waals surface area contributed by atoms with E-state index in [9.17, 15) is 9.18 Å². The van der Waals surface area contributed by atoms with E-state index in [1.807, 2.05) is 0 Å². The minimum Gasteiger partial charge on any atom is -0.396 e. The minimum absolute atomic E-state index is 0.00308. The standard InChI is InChI=1S/C9H12FN3O2/c10-6-3-13(9(15)12-8(6)11)7-2-1-5(7)4-14/h3,5,7,14H,1-2,4H2,(H2,11,12,15)/t5-,7+/m0/s1. The fraction of sp³-hybridized carbons (Fsp3) is 0.556. The summed E-state index contributed by atoms with van der Waals surface area (Å²) < 4.78 is 14.3. The molecule has 82 valence electrons. The molecule has 2 rings (SSSR count). The lowest BCUT2D eigenvalue weighted by atomic mass is 9.80. The molecular weight excluding hydrogens is 201 g/mol. The van der Waals surface area contributed by atoms with E-state index in [4.69, 9.17) is 10.8 Å². The van der Waals surface area contributed by atoms with Crippen molar-refractivity contribution in [1.29, 1.82) is 0 Å². The maximum Gasteiger partial charge on any atom is 0.349 e. The van der Waals surface area contributed by atoms with Crippen LogP contribution in [0.2, 0.25) is 0 Å². The van der Waals surface area contributed by atoms with Crippen LogP contribution in [0, 0.1) is 11.7 Å². The second kappa shape index (κ2) is 3.62. The Bertz CT molecular complexity index is 430. The van der Waals surface area contributed by atoms with E-state index in [0.717, 1.165) is 19.0 Å². The molecule has 0 aliphatic heterocycles. The van der Waals surface area contributed by atoms with Gasteiger partial charge in [0.2, 0.25) is 0 Å². The van der Waals surface area contributed by atoms with Gasteiger partial charge in [0.15, 0.2) is 11.6 Å². The van der Waals surface area contributed by atoms with Gasteiger partial charge in [-0.3, -0.25) is 4.57 Å². The molecule has 1 aromatic rings. The number of anilines is 1. The lowest BCUT2D eigenvalue weighted by molar-refractivity contribution is 0.0935. The fourth-order valence-corrected chi connectivity index (χ4v) is 1.83. The quantitative estimate of drug-likeness (QED) is 0.719. The minimum atomic E-state index is -0.696. The highest BCUT2D eigenvalue weighted by atomic mass is 19.1. The molecule has 0 radical (unpaired) electrons. The topological polar surface area (TPSA) is 81.1 Å². The van der Waals surface area contributed by atoms with Crippen molar-refractivity contribution in [1.82, 2.24) is 9.55 Å². The van der Waals surface area contributed by atoms with Crippen molar-refractivity contribution in [2.45, 2.75) is 18.9 Å². The number of nitrogens with zero attached hydrogens (tertiary/aromatic N) is 2. The molecule has 0 saturated heterocycles. The van der Waals surface area contributed by atoms with Gasteiger partial charge < -0.3 is 10.8 Å². The van der Waals surface area contributed by atoms with Gasteiger partial charge in [0.1, 0.15) is 0 Å². The SMILES string of the molecule is Nc1nc(=O)n([C@@H]2CC[C@H]2CO)cc1F. The number of aromatic nitrogens is 2. The molecule has 3 N–H and O–H groups in total. The van der Waals surface area contributed by atoms with Crippen LogP contribution in [0.1, 0.15) is 18.9 Å². The van der Waals surface area contributed by atoms with Crippen LogP contribution in [0.25, 0.3) is 0 Å². The molecule has 1 aromatic heterocycles. The van der Waals surface area contributed by atoms with Crippen LogP contribution in [0.3, 0.4) is 0 Å². The second-order valence-electron chi connectivity index (χ2n) is 3.75. The molecule has 0 amide bonds. The van der Waals surface area contributed by atoms with Crippen molar-refractivity contribution in [2.75, 3.05) is 12.3 Å². The average molecular weight is 213 g/mol. The lowest BCUT2D eigenvalue weighted by Gasteiger charge is -2.36. The van der Waals surface area contributed by atoms with Crippen LogP contribution in [0.15, 0.2) is 11.0 Å². The predicted octanol–water partition coefficient (Wildman–Crippen LogP) is -0.0920. The van der Waals surface area contributed by atoms with Gasteiger partial charge in [0.05, 0.1) is 0 Å². The Balaban J connectivity index is 2.36. The number of nitrogen functional groups attached to an aromatic ring is 1. The smallest absolute Gasteiger partial charge is 0.349 e. The van der Waals surface area contributed by atoms with Gasteiger partial charge in [-0.2, -0.15) is 4.98 Å². The maximum absolute atomic E-state index is 13.1. The number of nitrogens with two attached hydrogens (primary N) is 1. The fourth-order valence-electron chi connectivity index (χ4n) is 1.83. The van der Waals surface area contributed by atoms with Gasteiger partial charge in [-0.05, 0) is 12.8 Å². The van der Waals surface area contributed by atoms with Crippen molar-refractivity contribution in [3.05, 3.63) is 22.5 Å². The molecular formula is C9H12FN3O2. The van der Waals surface area contributed by atoms with Gasteiger partial charge >= 0.3 is 5.69 Å². The highest BCUT2D eigenvalue weighted by molar-refractivity contribution is 5.26. The number of aliphatic hydroxyl groups is 1. The molecule has 1 saturated carbocycles. The molecule has 1 fully saturated rings. The summed E-state index contributed by atoms with van der Waals surface area (Å²) >= 11 is 0. The Morgan fingerprint density at radius 2 is 2.40 bits per heavy atom. The maximum atomic E-state index is 13.1. The van der Waals surface area contributed by atoms with E-state index in [0.29, 0.717) is 0 Å². The number of halogens is 1. The van der Waals surface area contributed by atoms with Crippen molar-refractivity contribution in [2.24, 2.45) is 5.92 Å². The predicted molar refractivity (Wildman–Crippen MR) is 51.7 cm³/mol. The average Bonchev–Trinajstić information content (AvgIpc) is 2.13. The zero-order chi connectivity index (χ0) is 11.0. The Hall–Kier alpha value is -1.43. The Kier molecular flexibility index (Phi) is 2.44. The summed E-state index contributed by atoms with van der Waals surface area (Å²) in [5.41, 5.74) is 4.61. The van der Waals surface area contributed by atoms with Gasteiger partial charge in [-0.25, -0.2) is 9.18 Å². The van der Waals surface area contributed by atoms with Crippen LogP contribution < -0.4 is 11.4 Å². The molecule has 0 spiro atoms. The first-order valence-electron chi connectivity index (χ1n) is 4.78. The summed E-state index contributed by atoms with van der Waals surface area (Å²) in [4.78, 5) is 14.8. The number of hydrogen-bond donors (Lipinski definition) is 2. The Labute approximate surface area is 85.4 Å². The van der Waals surface area contributed by atoms with Gasteiger partial charge in [-0.1, -0.05) is 0 Å². The third kappa shape index (κ3) is 1.61. The third-order valence-electron chi connectivity index (χ3n) is 2.90. The van der Waals surface area contributed by atoms with Crippen molar-refractivity contribution in [3.8, 4) is 0 Å². The largest absolute Gasteiger partial charge is 0.396 e. The summed E-state index contributed by atoms with van der Waals surface area (Å²) in [6.07, 6.45) is 2.67. The zero-order valence-corrected chi connectivity index (χ0v) is 8.06. The summed E-state index contributed by atoms with van der Waals surface area (Å²) in [7, 11) is 0. The van der Waals surface area contributed by atoms with Gasteiger partial charge in [0, 0.05) is 24.8 Å². The first kappa shape index (κ1) is 10.1. The van der Waals surface area contributed by atoms with Crippen molar-refractivity contribution >= 4 is 5.82 Å². The third-order valence-corrected chi connectivity index (χ3v) is 2.90. The van der Waals surface area contributed by atoms with E-state index >= 15 is 0 Å². The van der Waals surface area contributed by atoms with E-state index in [1.54, 1.807) is 0 Å². The van der Waals surface area contributed by atoms with E-state index in [-0.39, 0.29) is 24.4 Å². The first-order chi connectivity index (χ1) is 7.13. The highest BCUT2D eigenvalue weighted by Crippen LogP contribution is 2.37. The summed E-state index contributed by atoms with van der Waals surface area (Å²) in [5, 5.41) is 8.98. The highest BCUT2D eigenvalue weighted by Gasteiger charge is 2.32. The molecule has 0 unspecified atom stereocenters. The van der Waals surface area contributed by atoms with Crippen molar-refractivity contribution < 1.29 is 9.50 Å². The molecule has 15 heavy (non-hydrogen) atoms. The van der Waals surface area contributed by atoms with Crippen LogP contribution >= 0.6 is 0 Å². The van der Waals surface area contributed by atoms with Crippen LogP contribution in [-0.4, -0.2) is 21.3 Å². The van der Waals surface area contributed by atoms with E-state index in [2.05, 4.69) is 4.98 Å². The monoisotopic (exact) mass is 213 g/mol. The Morgan fingerprint density at radius 3 is 2.93 bits per heavy atom. The summed E-state index contributed by atoms with van der Waals surface area (Å²) in [6.45, 7) is 0.00308. The molecule has 5 nitrogen and oxygen atoms in total. The molecule has 0 aromatic carbocycles. The molecule has 6 heteroatoms. The molecule has 1 aliphatic rings. The Morgan fingerprint density at radius 1 is 1.67 bits per heavy atom. The molecule has 0 bridgehead atoms. The van der Waals surface area contributed by atoms with E-state index in [1.165, 1.54) is 4.57 Å². The molecule has 2 atom stereocenters. The van der Waals surface area contributed by atoms with Crippen LogP contribution in [-0.2, 0) is 0 Å². The summed E-state index contributed by atoms with van der Waals surface area (Å²) in [5.74, 6) is -1.05. The number of aliphatic hydroxyl groups excluding tert-OH is 1. The number of hydrogen-bond acceptors (Lipinski definition) is 4. The van der Waals surface area contributed by atoms with Crippen LogP contribution in [0.5, 0.6) is 0 Å². The number of rotatable bonds is 2. The second-order valence-corrected chi connectivity index (χ2v) is 3.75. The molecule has 1 aliphatic carbocycles. The van der Waals surface area contributed by atoms with Crippen LogP contribution in [0.4, 0.5) is 10.2 Å². The van der Waals surface area contributed by atoms with Gasteiger partial charge in [-0.15, -0.1) is 0 Å². The lowest BCUT2D eigenvalue weighted by Crippen LogP contribution is -2.38. The first-order valence-corrected chi connectivity index (χ1v) is 4.78. The molecule has 1 heterocycles.